The molecular formula is C14H26N2O3. The Morgan fingerprint density at radius 3 is 2.11 bits per heavy atom. The Bertz CT molecular complexity index is 332. The molecular weight excluding hydrogens is 244 g/mol. The molecule has 110 valence electrons. The van der Waals surface area contributed by atoms with Crippen LogP contribution in [-0.2, 0) is 4.79 Å². The molecule has 0 bridgehead atoms. The van der Waals surface area contributed by atoms with Gasteiger partial charge in [-0.3, -0.25) is 0 Å². The van der Waals surface area contributed by atoms with Crippen molar-refractivity contribution in [1.82, 2.24) is 10.6 Å². The predicted molar refractivity (Wildman–Crippen MR) is 74.1 cm³/mol. The summed E-state index contributed by atoms with van der Waals surface area (Å²) in [5.41, 5.74) is -1.42. The second-order valence-corrected chi connectivity index (χ2v) is 6.12. The van der Waals surface area contributed by atoms with E-state index in [-0.39, 0.29) is 11.6 Å². The summed E-state index contributed by atoms with van der Waals surface area (Å²) in [4.78, 5) is 23.6. The Balaban J connectivity index is 2.73. The van der Waals surface area contributed by atoms with Gasteiger partial charge in [0, 0.05) is 5.54 Å². The molecule has 0 aliphatic heterocycles. The lowest BCUT2D eigenvalue weighted by Crippen LogP contribution is -2.59. The van der Waals surface area contributed by atoms with E-state index >= 15 is 0 Å². The summed E-state index contributed by atoms with van der Waals surface area (Å²) in [5, 5.41) is 15.0. The molecule has 1 saturated carbocycles. The number of carboxylic acids is 1. The van der Waals surface area contributed by atoms with E-state index < -0.39 is 11.5 Å². The van der Waals surface area contributed by atoms with E-state index in [4.69, 9.17) is 0 Å². The van der Waals surface area contributed by atoms with Crippen LogP contribution >= 0.6 is 0 Å². The number of carbonyl (C=O) groups is 2. The summed E-state index contributed by atoms with van der Waals surface area (Å²) in [6, 6.07) is -0.379. The summed E-state index contributed by atoms with van der Waals surface area (Å²) < 4.78 is 0. The summed E-state index contributed by atoms with van der Waals surface area (Å²) >= 11 is 0. The molecule has 0 radical (unpaired) electrons. The highest BCUT2D eigenvalue weighted by Crippen LogP contribution is 2.27. The van der Waals surface area contributed by atoms with Gasteiger partial charge in [0.1, 0.15) is 5.54 Å². The van der Waals surface area contributed by atoms with Crippen molar-refractivity contribution in [3.63, 3.8) is 0 Å². The maximum absolute atomic E-state index is 12.0. The van der Waals surface area contributed by atoms with Gasteiger partial charge in [0.2, 0.25) is 0 Å². The number of urea groups is 1. The fraction of sp³-hybridized carbons (Fsp3) is 0.857. The molecule has 0 saturated heterocycles. The molecule has 1 rings (SSSR count). The Hall–Kier alpha value is -1.26. The topological polar surface area (TPSA) is 78.4 Å². The molecule has 1 aliphatic rings. The molecule has 2 amide bonds. The number of nitrogens with one attached hydrogen (secondary N) is 2. The molecule has 3 N–H and O–H groups in total. The van der Waals surface area contributed by atoms with Crippen LogP contribution in [0.4, 0.5) is 4.79 Å². The van der Waals surface area contributed by atoms with Gasteiger partial charge in [0.15, 0.2) is 0 Å². The number of amides is 2. The molecule has 0 unspecified atom stereocenters. The number of hydrogen-bond donors (Lipinski definition) is 3. The van der Waals surface area contributed by atoms with Crippen LogP contribution in [0.3, 0.4) is 0 Å². The summed E-state index contributed by atoms with van der Waals surface area (Å²) in [6.07, 6.45) is 5.61. The standard InChI is InChI=1S/C14H26N2O3/c1-4-13(2,3)15-12(19)16-14(11(17)18)9-7-5-6-8-10-14/h4-10H2,1-3H3,(H,17,18)(H2,15,16,19). The number of aliphatic carboxylic acids is 1. The van der Waals surface area contributed by atoms with Gasteiger partial charge in [-0.15, -0.1) is 0 Å². The molecule has 1 fully saturated rings. The number of hydrogen-bond acceptors (Lipinski definition) is 2. The molecule has 5 heteroatoms. The largest absolute Gasteiger partial charge is 0.480 e. The van der Waals surface area contributed by atoms with E-state index in [0.29, 0.717) is 12.8 Å². The van der Waals surface area contributed by atoms with Crippen LogP contribution in [0.25, 0.3) is 0 Å². The van der Waals surface area contributed by atoms with E-state index in [1.807, 2.05) is 20.8 Å². The Morgan fingerprint density at radius 1 is 1.16 bits per heavy atom. The normalized spacial score (nSPS) is 19.3. The molecule has 1 aliphatic carbocycles. The van der Waals surface area contributed by atoms with Crippen molar-refractivity contribution in [3.8, 4) is 0 Å². The van der Waals surface area contributed by atoms with Crippen LogP contribution < -0.4 is 10.6 Å². The lowest BCUT2D eigenvalue weighted by molar-refractivity contribution is -0.145. The minimum atomic E-state index is -1.09. The van der Waals surface area contributed by atoms with Crippen molar-refractivity contribution < 1.29 is 14.7 Å². The quantitative estimate of drug-likeness (QED) is 0.687. The third-order valence-corrected chi connectivity index (χ3v) is 4.06. The summed E-state index contributed by atoms with van der Waals surface area (Å²) in [5.74, 6) is -0.918. The third kappa shape index (κ3) is 4.40. The van der Waals surface area contributed by atoms with Gasteiger partial charge >= 0.3 is 12.0 Å². The van der Waals surface area contributed by atoms with Crippen molar-refractivity contribution >= 4 is 12.0 Å². The van der Waals surface area contributed by atoms with Gasteiger partial charge in [-0.1, -0.05) is 32.6 Å². The van der Waals surface area contributed by atoms with Crippen molar-refractivity contribution in [2.75, 3.05) is 0 Å². The van der Waals surface area contributed by atoms with Gasteiger partial charge in [0.05, 0.1) is 0 Å². The minimum absolute atomic E-state index is 0.325. The first-order valence-corrected chi connectivity index (χ1v) is 7.15. The van der Waals surface area contributed by atoms with Gasteiger partial charge in [-0.05, 0) is 33.1 Å². The monoisotopic (exact) mass is 270 g/mol. The van der Waals surface area contributed by atoms with Gasteiger partial charge in [0.25, 0.3) is 0 Å². The predicted octanol–water partition coefficient (Wildman–Crippen LogP) is 2.65. The molecule has 19 heavy (non-hydrogen) atoms. The van der Waals surface area contributed by atoms with Crippen LogP contribution in [0.15, 0.2) is 0 Å². The van der Waals surface area contributed by atoms with Crippen LogP contribution in [0.2, 0.25) is 0 Å². The summed E-state index contributed by atoms with van der Waals surface area (Å²) in [6.45, 7) is 5.83. The highest BCUT2D eigenvalue weighted by molar-refractivity contribution is 5.86. The minimum Gasteiger partial charge on any atom is -0.480 e. The molecule has 0 aromatic heterocycles. The maximum Gasteiger partial charge on any atom is 0.329 e. The van der Waals surface area contributed by atoms with Crippen LogP contribution in [0, 0.1) is 0 Å². The van der Waals surface area contributed by atoms with E-state index in [1.165, 1.54) is 0 Å². The first-order chi connectivity index (χ1) is 8.81. The smallest absolute Gasteiger partial charge is 0.329 e. The average Bonchev–Trinajstić information content (AvgIpc) is 2.55. The first-order valence-electron chi connectivity index (χ1n) is 7.15. The van der Waals surface area contributed by atoms with Crippen molar-refractivity contribution in [3.05, 3.63) is 0 Å². The Morgan fingerprint density at radius 2 is 1.68 bits per heavy atom. The zero-order valence-corrected chi connectivity index (χ0v) is 12.2. The number of carboxylic acid groups (broad SMARTS) is 1. The Kier molecular flexibility index (Phi) is 5.20. The number of rotatable bonds is 4. The molecule has 0 aromatic carbocycles. The Labute approximate surface area is 115 Å². The molecule has 0 heterocycles. The van der Waals surface area contributed by atoms with Crippen molar-refractivity contribution in [1.29, 1.82) is 0 Å². The van der Waals surface area contributed by atoms with E-state index in [1.54, 1.807) is 0 Å². The summed E-state index contributed by atoms with van der Waals surface area (Å²) in [7, 11) is 0. The third-order valence-electron chi connectivity index (χ3n) is 4.06. The van der Waals surface area contributed by atoms with Crippen LogP contribution in [0.5, 0.6) is 0 Å². The SMILES string of the molecule is CCC(C)(C)NC(=O)NC1(C(=O)O)CCCCCC1. The van der Waals surface area contributed by atoms with Crippen LogP contribution in [0.1, 0.15) is 65.7 Å². The van der Waals surface area contributed by atoms with Crippen LogP contribution in [-0.4, -0.2) is 28.2 Å². The van der Waals surface area contributed by atoms with Crippen molar-refractivity contribution in [2.24, 2.45) is 0 Å². The van der Waals surface area contributed by atoms with E-state index in [2.05, 4.69) is 10.6 Å². The zero-order valence-electron chi connectivity index (χ0n) is 12.2. The highest BCUT2D eigenvalue weighted by atomic mass is 16.4. The number of carbonyl (C=O) groups excluding carboxylic acids is 1. The molecule has 0 atom stereocenters. The molecule has 0 spiro atoms. The van der Waals surface area contributed by atoms with Gasteiger partial charge in [-0.25, -0.2) is 9.59 Å². The van der Waals surface area contributed by atoms with Gasteiger partial charge in [-0.2, -0.15) is 0 Å². The van der Waals surface area contributed by atoms with Gasteiger partial charge < -0.3 is 15.7 Å². The van der Waals surface area contributed by atoms with E-state index in [0.717, 1.165) is 32.1 Å². The average molecular weight is 270 g/mol. The molecule has 0 aromatic rings. The maximum atomic E-state index is 12.0. The lowest BCUT2D eigenvalue weighted by atomic mass is 9.90. The zero-order chi connectivity index (χ0) is 14.5. The van der Waals surface area contributed by atoms with E-state index in [9.17, 15) is 14.7 Å². The van der Waals surface area contributed by atoms with Crippen molar-refractivity contribution in [2.45, 2.75) is 76.8 Å². The lowest BCUT2D eigenvalue weighted by Gasteiger charge is -2.32. The highest BCUT2D eigenvalue weighted by Gasteiger charge is 2.40. The molecule has 5 nitrogen and oxygen atoms in total. The second kappa shape index (κ2) is 6.26. The fourth-order valence-corrected chi connectivity index (χ4v) is 2.37. The fourth-order valence-electron chi connectivity index (χ4n) is 2.37. The first kappa shape index (κ1) is 15.8. The second-order valence-electron chi connectivity index (χ2n) is 6.12.